The fraction of sp³-hybridized carbons (Fsp3) is 0.538. The molecule has 0 radical (unpaired) electrons. The molecule has 1 aliphatic heterocycles. The van der Waals surface area contributed by atoms with Crippen LogP contribution in [0.4, 0.5) is 0 Å². The average molecular weight is 236 g/mol. The van der Waals surface area contributed by atoms with Gasteiger partial charge in [0.25, 0.3) is 0 Å². The van der Waals surface area contributed by atoms with E-state index in [0.717, 1.165) is 30.9 Å². The lowest BCUT2D eigenvalue weighted by atomic mass is 9.92. The van der Waals surface area contributed by atoms with Crippen molar-refractivity contribution in [3.63, 3.8) is 0 Å². The number of para-hydroxylation sites is 1. The third kappa shape index (κ3) is 2.77. The highest BCUT2D eigenvalue weighted by Crippen LogP contribution is 2.33. The quantitative estimate of drug-likeness (QED) is 0.602. The molecule has 2 unspecified atom stereocenters. The van der Waals surface area contributed by atoms with Crippen LogP contribution in [0.2, 0.25) is 0 Å². The van der Waals surface area contributed by atoms with Crippen LogP contribution in [-0.4, -0.2) is 19.8 Å². The summed E-state index contributed by atoms with van der Waals surface area (Å²) in [5.74, 6) is 7.01. The highest BCUT2D eigenvalue weighted by molar-refractivity contribution is 5.36. The first-order valence-corrected chi connectivity index (χ1v) is 6.12. The van der Waals surface area contributed by atoms with E-state index in [1.807, 2.05) is 25.1 Å². The minimum atomic E-state index is 0.0975. The Morgan fingerprint density at radius 1 is 1.53 bits per heavy atom. The molecule has 0 aromatic heterocycles. The van der Waals surface area contributed by atoms with E-state index in [0.29, 0.717) is 12.5 Å². The maximum absolute atomic E-state index is 5.69. The van der Waals surface area contributed by atoms with Gasteiger partial charge >= 0.3 is 0 Å². The summed E-state index contributed by atoms with van der Waals surface area (Å²) < 4.78 is 11.1. The van der Waals surface area contributed by atoms with Crippen molar-refractivity contribution in [1.82, 2.24) is 5.43 Å². The second kappa shape index (κ2) is 6.00. The van der Waals surface area contributed by atoms with Gasteiger partial charge < -0.3 is 9.47 Å². The van der Waals surface area contributed by atoms with Crippen molar-refractivity contribution in [1.29, 1.82) is 0 Å². The lowest BCUT2D eigenvalue weighted by Crippen LogP contribution is -2.34. The van der Waals surface area contributed by atoms with Gasteiger partial charge in [0.2, 0.25) is 0 Å². The molecule has 3 N–H and O–H groups in total. The van der Waals surface area contributed by atoms with Gasteiger partial charge in [-0.15, -0.1) is 0 Å². The normalized spacial score (nSPS) is 21.4. The van der Waals surface area contributed by atoms with E-state index >= 15 is 0 Å². The number of nitrogens with one attached hydrogen (secondary N) is 1. The van der Waals surface area contributed by atoms with E-state index in [2.05, 4.69) is 11.5 Å². The molecule has 0 aliphatic carbocycles. The summed E-state index contributed by atoms with van der Waals surface area (Å²) in [5.41, 5.74) is 4.02. The van der Waals surface area contributed by atoms with Gasteiger partial charge in [0, 0.05) is 18.1 Å². The largest absolute Gasteiger partial charge is 0.494 e. The number of hydrazine groups is 1. The van der Waals surface area contributed by atoms with Crippen LogP contribution in [0.15, 0.2) is 24.3 Å². The summed E-state index contributed by atoms with van der Waals surface area (Å²) in [6.07, 6.45) is 1.04. The van der Waals surface area contributed by atoms with Crippen molar-refractivity contribution in [2.75, 3.05) is 19.8 Å². The fourth-order valence-corrected chi connectivity index (χ4v) is 2.32. The molecule has 0 saturated carbocycles. The first kappa shape index (κ1) is 12.4. The van der Waals surface area contributed by atoms with Gasteiger partial charge in [-0.25, -0.2) is 0 Å². The summed E-state index contributed by atoms with van der Waals surface area (Å²) in [4.78, 5) is 0. The zero-order chi connectivity index (χ0) is 12.1. The fourth-order valence-electron chi connectivity index (χ4n) is 2.32. The Morgan fingerprint density at radius 3 is 3.00 bits per heavy atom. The van der Waals surface area contributed by atoms with Crippen molar-refractivity contribution in [3.8, 4) is 5.75 Å². The molecule has 1 heterocycles. The minimum absolute atomic E-state index is 0.0975. The molecule has 0 spiro atoms. The van der Waals surface area contributed by atoms with E-state index < -0.39 is 0 Å². The van der Waals surface area contributed by atoms with Crippen molar-refractivity contribution < 1.29 is 9.47 Å². The number of benzene rings is 1. The molecule has 2 rings (SSSR count). The molecule has 1 saturated heterocycles. The number of nitrogens with two attached hydrogens (primary N) is 1. The smallest absolute Gasteiger partial charge is 0.124 e. The molecule has 1 aromatic carbocycles. The van der Waals surface area contributed by atoms with Gasteiger partial charge in [-0.1, -0.05) is 18.2 Å². The Labute approximate surface area is 102 Å². The molecule has 2 atom stereocenters. The van der Waals surface area contributed by atoms with Gasteiger partial charge in [0.15, 0.2) is 0 Å². The number of rotatable bonds is 5. The van der Waals surface area contributed by atoms with Crippen LogP contribution in [0.1, 0.15) is 24.9 Å². The molecule has 0 bridgehead atoms. The molecule has 4 nitrogen and oxygen atoms in total. The minimum Gasteiger partial charge on any atom is -0.494 e. The molecule has 1 fully saturated rings. The van der Waals surface area contributed by atoms with Crippen LogP contribution in [0, 0.1) is 5.92 Å². The van der Waals surface area contributed by atoms with Crippen LogP contribution in [0.5, 0.6) is 5.75 Å². The Hall–Kier alpha value is -1.10. The van der Waals surface area contributed by atoms with Crippen LogP contribution in [0.25, 0.3) is 0 Å². The van der Waals surface area contributed by atoms with Crippen molar-refractivity contribution in [2.24, 2.45) is 11.8 Å². The van der Waals surface area contributed by atoms with Crippen molar-refractivity contribution in [3.05, 3.63) is 29.8 Å². The Kier molecular flexibility index (Phi) is 4.36. The third-order valence-corrected chi connectivity index (χ3v) is 3.17. The van der Waals surface area contributed by atoms with Crippen LogP contribution in [-0.2, 0) is 4.74 Å². The summed E-state index contributed by atoms with van der Waals surface area (Å²) in [7, 11) is 0. The number of ether oxygens (including phenoxy) is 2. The maximum Gasteiger partial charge on any atom is 0.124 e. The first-order valence-electron chi connectivity index (χ1n) is 6.12. The molecule has 1 aliphatic rings. The van der Waals surface area contributed by atoms with E-state index in [9.17, 15) is 0 Å². The van der Waals surface area contributed by atoms with Gasteiger partial charge in [-0.05, 0) is 19.4 Å². The molecular weight excluding hydrogens is 216 g/mol. The summed E-state index contributed by atoms with van der Waals surface area (Å²) in [6.45, 7) is 4.23. The summed E-state index contributed by atoms with van der Waals surface area (Å²) >= 11 is 0. The summed E-state index contributed by atoms with van der Waals surface area (Å²) in [6, 6.07) is 8.14. The topological polar surface area (TPSA) is 56.5 Å². The molecule has 94 valence electrons. The second-order valence-corrected chi connectivity index (χ2v) is 4.24. The predicted octanol–water partition coefficient (Wildman–Crippen LogP) is 1.63. The molecule has 0 amide bonds. The Bertz CT molecular complexity index is 351. The van der Waals surface area contributed by atoms with Gasteiger partial charge in [-0.2, -0.15) is 0 Å². The third-order valence-electron chi connectivity index (χ3n) is 3.17. The standard InChI is InChI=1S/C13H20N2O2/c1-2-17-12-6-4-3-5-11(12)13(15-14)10-7-8-16-9-10/h3-6,10,13,15H,2,7-9,14H2,1H3. The van der Waals surface area contributed by atoms with Crippen molar-refractivity contribution in [2.45, 2.75) is 19.4 Å². The number of hydrogen-bond acceptors (Lipinski definition) is 4. The second-order valence-electron chi connectivity index (χ2n) is 4.24. The molecular formula is C13H20N2O2. The zero-order valence-corrected chi connectivity index (χ0v) is 10.2. The first-order chi connectivity index (χ1) is 8.36. The monoisotopic (exact) mass is 236 g/mol. The molecule has 17 heavy (non-hydrogen) atoms. The van der Waals surface area contributed by atoms with Crippen LogP contribution >= 0.6 is 0 Å². The zero-order valence-electron chi connectivity index (χ0n) is 10.2. The van der Waals surface area contributed by atoms with E-state index in [1.165, 1.54) is 0 Å². The van der Waals surface area contributed by atoms with Crippen molar-refractivity contribution >= 4 is 0 Å². The highest BCUT2D eigenvalue weighted by Gasteiger charge is 2.28. The number of hydrogen-bond donors (Lipinski definition) is 2. The van der Waals surface area contributed by atoms with Gasteiger partial charge in [-0.3, -0.25) is 11.3 Å². The predicted molar refractivity (Wildman–Crippen MR) is 66.6 cm³/mol. The average Bonchev–Trinajstić information content (AvgIpc) is 2.86. The van der Waals surface area contributed by atoms with Crippen LogP contribution in [0.3, 0.4) is 0 Å². The highest BCUT2D eigenvalue weighted by atomic mass is 16.5. The molecule has 4 heteroatoms. The molecule has 1 aromatic rings. The van der Waals surface area contributed by atoms with E-state index in [-0.39, 0.29) is 6.04 Å². The van der Waals surface area contributed by atoms with Gasteiger partial charge in [0.1, 0.15) is 5.75 Å². The van der Waals surface area contributed by atoms with Gasteiger partial charge in [0.05, 0.1) is 19.3 Å². The Morgan fingerprint density at radius 2 is 2.35 bits per heavy atom. The Balaban J connectivity index is 2.22. The van der Waals surface area contributed by atoms with E-state index in [4.69, 9.17) is 15.3 Å². The van der Waals surface area contributed by atoms with Crippen LogP contribution < -0.4 is 16.0 Å². The lowest BCUT2D eigenvalue weighted by Gasteiger charge is -2.24. The summed E-state index contributed by atoms with van der Waals surface area (Å²) in [5, 5.41) is 0. The SMILES string of the molecule is CCOc1ccccc1C(NN)C1CCOC1. The lowest BCUT2D eigenvalue weighted by molar-refractivity contribution is 0.176. The maximum atomic E-state index is 5.69. The van der Waals surface area contributed by atoms with E-state index in [1.54, 1.807) is 0 Å².